The molecule has 0 radical (unpaired) electrons. The van der Waals surface area contributed by atoms with Crippen LogP contribution < -0.4 is 0 Å². The van der Waals surface area contributed by atoms with E-state index in [-0.39, 0.29) is 16.6 Å². The van der Waals surface area contributed by atoms with Gasteiger partial charge in [-0.1, -0.05) is 0 Å². The van der Waals surface area contributed by atoms with E-state index in [4.69, 9.17) is 17.3 Å². The average molecular weight is 172 g/mol. The molecule has 1 heterocycles. The van der Waals surface area contributed by atoms with Crippen LogP contribution in [-0.4, -0.2) is 20.6 Å². The molecule has 2 N–H and O–H groups in total. The van der Waals surface area contributed by atoms with Crippen molar-refractivity contribution < 1.29 is 9.90 Å². The second kappa shape index (κ2) is 2.50. The highest BCUT2D eigenvalue weighted by atomic mass is 32.1. The van der Waals surface area contributed by atoms with Gasteiger partial charge in [-0.2, -0.15) is 0 Å². The maximum atomic E-state index is 10.9. The van der Waals surface area contributed by atoms with Gasteiger partial charge in [-0.25, -0.2) is 0 Å². The largest absolute Gasteiger partial charge is 0.493 e. The Hall–Kier alpha value is -1.10. The highest BCUT2D eigenvalue weighted by molar-refractivity contribution is 7.71. The number of imidazole rings is 1. The monoisotopic (exact) mass is 172 g/mol. The molecule has 0 saturated heterocycles. The van der Waals surface area contributed by atoms with Crippen molar-refractivity contribution >= 4 is 18.1 Å². The topological polar surface area (TPSA) is 58.0 Å². The van der Waals surface area contributed by atoms with Crippen LogP contribution in [0.5, 0.6) is 5.88 Å². The van der Waals surface area contributed by atoms with E-state index in [1.165, 1.54) is 11.5 Å². The van der Waals surface area contributed by atoms with Gasteiger partial charge in [-0.15, -0.1) is 0 Å². The first-order valence-corrected chi connectivity index (χ1v) is 3.46. The number of hydrogen-bond donors (Lipinski definition) is 2. The van der Waals surface area contributed by atoms with Gasteiger partial charge < -0.3 is 10.1 Å². The van der Waals surface area contributed by atoms with E-state index in [0.29, 0.717) is 5.69 Å². The summed E-state index contributed by atoms with van der Waals surface area (Å²) >= 11 is 4.76. The summed E-state index contributed by atoms with van der Waals surface area (Å²) in [5.41, 5.74) is 0.447. The number of H-pyrrole nitrogens is 1. The molecular weight excluding hydrogens is 164 g/mol. The van der Waals surface area contributed by atoms with E-state index >= 15 is 0 Å². The van der Waals surface area contributed by atoms with Crippen LogP contribution in [0, 0.1) is 11.7 Å². The summed E-state index contributed by atoms with van der Waals surface area (Å²) in [4.78, 5) is 13.3. The molecule has 0 amide bonds. The summed E-state index contributed by atoms with van der Waals surface area (Å²) in [6.45, 7) is 3.00. The van der Waals surface area contributed by atoms with Crippen LogP contribution in [-0.2, 0) is 0 Å². The molecule has 0 bridgehead atoms. The number of nitrogens with zero attached hydrogens (tertiary/aromatic N) is 1. The van der Waals surface area contributed by atoms with Crippen molar-refractivity contribution in [2.45, 2.75) is 13.8 Å². The quantitative estimate of drug-likeness (QED) is 0.578. The third-order valence-electron chi connectivity index (χ3n) is 1.42. The fourth-order valence-corrected chi connectivity index (χ4v) is 1.25. The third kappa shape index (κ3) is 1.19. The molecule has 60 valence electrons. The van der Waals surface area contributed by atoms with Crippen molar-refractivity contribution in [2.24, 2.45) is 0 Å². The van der Waals surface area contributed by atoms with E-state index < -0.39 is 0 Å². The Labute approximate surface area is 68.5 Å². The first-order chi connectivity index (χ1) is 5.04. The molecular formula is C6H8N2O2S. The van der Waals surface area contributed by atoms with Gasteiger partial charge in [0, 0.05) is 6.92 Å². The van der Waals surface area contributed by atoms with Crippen molar-refractivity contribution in [3.05, 3.63) is 10.5 Å². The zero-order valence-electron chi connectivity index (χ0n) is 6.21. The van der Waals surface area contributed by atoms with Crippen LogP contribution in [0.15, 0.2) is 0 Å². The number of aromatic amines is 1. The van der Waals surface area contributed by atoms with Gasteiger partial charge in [0.25, 0.3) is 0 Å². The van der Waals surface area contributed by atoms with Crippen LogP contribution in [0.2, 0.25) is 0 Å². The first-order valence-electron chi connectivity index (χ1n) is 3.05. The average Bonchev–Trinajstić information content (AvgIpc) is 2.07. The summed E-state index contributed by atoms with van der Waals surface area (Å²) in [5, 5.41) is 9.07. The number of carbonyl (C=O) groups is 1. The van der Waals surface area contributed by atoms with Gasteiger partial charge in [-0.05, 0) is 19.1 Å². The van der Waals surface area contributed by atoms with E-state index in [9.17, 15) is 4.79 Å². The molecule has 0 aromatic carbocycles. The number of nitrogens with one attached hydrogen (secondary N) is 1. The molecule has 5 heteroatoms. The lowest BCUT2D eigenvalue weighted by atomic mass is 10.5. The summed E-state index contributed by atoms with van der Waals surface area (Å²) in [6, 6.07) is 0. The molecule has 0 unspecified atom stereocenters. The van der Waals surface area contributed by atoms with E-state index in [1.807, 2.05) is 0 Å². The SMILES string of the molecule is CC(=O)n1c(C)c(O)[nH]c1=S. The fraction of sp³-hybridized carbons (Fsp3) is 0.333. The molecule has 0 aliphatic heterocycles. The maximum Gasteiger partial charge on any atom is 0.230 e. The minimum atomic E-state index is -0.205. The molecule has 1 rings (SSSR count). The van der Waals surface area contributed by atoms with Crippen LogP contribution in [0.3, 0.4) is 0 Å². The predicted octanol–water partition coefficient (Wildman–Crippen LogP) is 1.22. The number of rotatable bonds is 0. The molecule has 0 aliphatic rings. The third-order valence-corrected chi connectivity index (χ3v) is 1.71. The van der Waals surface area contributed by atoms with Gasteiger partial charge in [0.15, 0.2) is 4.77 Å². The van der Waals surface area contributed by atoms with Crippen LogP contribution >= 0.6 is 12.2 Å². The van der Waals surface area contributed by atoms with Gasteiger partial charge in [0.2, 0.25) is 11.8 Å². The van der Waals surface area contributed by atoms with E-state index in [1.54, 1.807) is 6.92 Å². The van der Waals surface area contributed by atoms with Crippen LogP contribution in [0.25, 0.3) is 0 Å². The highest BCUT2D eigenvalue weighted by Crippen LogP contribution is 2.13. The maximum absolute atomic E-state index is 10.9. The zero-order valence-corrected chi connectivity index (χ0v) is 7.03. The summed E-state index contributed by atoms with van der Waals surface area (Å²) in [5.74, 6) is -0.255. The molecule has 1 aromatic heterocycles. The lowest BCUT2D eigenvalue weighted by molar-refractivity contribution is 0.0932. The Morgan fingerprint density at radius 1 is 1.73 bits per heavy atom. The molecule has 1 aromatic rings. The zero-order chi connectivity index (χ0) is 8.59. The second-order valence-corrected chi connectivity index (χ2v) is 2.61. The molecule has 4 nitrogen and oxygen atoms in total. The van der Waals surface area contributed by atoms with Crippen LogP contribution in [0.4, 0.5) is 0 Å². The Balaban J connectivity index is 3.46. The molecule has 0 spiro atoms. The van der Waals surface area contributed by atoms with E-state index in [0.717, 1.165) is 0 Å². The Bertz CT molecular complexity index is 350. The number of hydrogen-bond acceptors (Lipinski definition) is 3. The Morgan fingerprint density at radius 3 is 2.45 bits per heavy atom. The minimum absolute atomic E-state index is 0.0507. The Kier molecular flexibility index (Phi) is 1.82. The van der Waals surface area contributed by atoms with Gasteiger partial charge in [-0.3, -0.25) is 9.36 Å². The van der Waals surface area contributed by atoms with Crippen molar-refractivity contribution in [1.29, 1.82) is 0 Å². The van der Waals surface area contributed by atoms with Gasteiger partial charge in [0.1, 0.15) is 0 Å². The van der Waals surface area contributed by atoms with Crippen molar-refractivity contribution in [3.63, 3.8) is 0 Å². The summed E-state index contributed by atoms with van der Waals surface area (Å²) in [6.07, 6.45) is 0. The summed E-state index contributed by atoms with van der Waals surface area (Å²) in [7, 11) is 0. The minimum Gasteiger partial charge on any atom is -0.493 e. The lowest BCUT2D eigenvalue weighted by Gasteiger charge is -1.95. The van der Waals surface area contributed by atoms with Crippen LogP contribution in [0.1, 0.15) is 17.4 Å². The molecule has 0 aliphatic carbocycles. The fourth-order valence-electron chi connectivity index (χ4n) is 0.885. The summed E-state index contributed by atoms with van der Waals surface area (Å²) < 4.78 is 1.47. The second-order valence-electron chi connectivity index (χ2n) is 2.22. The molecule has 0 atom stereocenters. The normalized spacial score (nSPS) is 10.0. The van der Waals surface area contributed by atoms with Crippen molar-refractivity contribution in [1.82, 2.24) is 9.55 Å². The number of carbonyl (C=O) groups excluding carboxylic acids is 1. The van der Waals surface area contributed by atoms with Gasteiger partial charge in [0.05, 0.1) is 5.69 Å². The predicted molar refractivity (Wildman–Crippen MR) is 42.3 cm³/mol. The van der Waals surface area contributed by atoms with E-state index in [2.05, 4.69) is 4.98 Å². The lowest BCUT2D eigenvalue weighted by Crippen LogP contribution is -2.06. The highest BCUT2D eigenvalue weighted by Gasteiger charge is 2.08. The van der Waals surface area contributed by atoms with Gasteiger partial charge >= 0.3 is 0 Å². The van der Waals surface area contributed by atoms with Crippen molar-refractivity contribution in [2.75, 3.05) is 0 Å². The Morgan fingerprint density at radius 2 is 2.27 bits per heavy atom. The number of aromatic nitrogens is 2. The van der Waals surface area contributed by atoms with Crippen molar-refractivity contribution in [3.8, 4) is 5.88 Å². The number of aromatic hydroxyl groups is 1. The molecule has 0 fully saturated rings. The smallest absolute Gasteiger partial charge is 0.230 e. The standard InChI is InChI=1S/C6H8N2O2S/c1-3-5(10)7-6(11)8(3)4(2)9/h10H,1-2H3,(H,7,11). The first kappa shape index (κ1) is 8.00. The molecule has 0 saturated carbocycles. The molecule has 11 heavy (non-hydrogen) atoms.